The van der Waals surface area contributed by atoms with E-state index in [0.29, 0.717) is 0 Å². The smallest absolute Gasteiger partial charge is 0.405 e. The summed E-state index contributed by atoms with van der Waals surface area (Å²) in [5.74, 6) is -0.668. The molecule has 0 aliphatic heterocycles. The van der Waals surface area contributed by atoms with Gasteiger partial charge in [0.05, 0.1) is 18.2 Å². The van der Waals surface area contributed by atoms with Gasteiger partial charge in [-0.2, -0.15) is 18.4 Å². The maximum absolute atomic E-state index is 13.1. The largest absolute Gasteiger partial charge is 0.573 e. The number of hydrogen-bond acceptors (Lipinski definition) is 3. The van der Waals surface area contributed by atoms with Crippen LogP contribution < -0.4 is 4.74 Å². The van der Waals surface area contributed by atoms with Crippen molar-refractivity contribution < 1.29 is 31.1 Å². The second kappa shape index (κ2) is 6.39. The van der Waals surface area contributed by atoms with Crippen molar-refractivity contribution in [3.8, 4) is 23.1 Å². The SMILES string of the molecule is N#CCc1ccc(-c2ccccc2OC(F)(F)F)nc1C(F)(F)F. The summed E-state index contributed by atoms with van der Waals surface area (Å²) in [6.07, 6.45) is -10.4. The first-order valence-corrected chi connectivity index (χ1v) is 6.41. The zero-order valence-electron chi connectivity index (χ0n) is 11.7. The molecule has 1 aromatic carbocycles. The van der Waals surface area contributed by atoms with E-state index >= 15 is 0 Å². The maximum atomic E-state index is 13.1. The van der Waals surface area contributed by atoms with Crippen molar-refractivity contribution in [3.63, 3.8) is 0 Å². The minimum absolute atomic E-state index is 0.246. The molecule has 2 aromatic rings. The molecule has 0 aliphatic rings. The summed E-state index contributed by atoms with van der Waals surface area (Å²) in [4.78, 5) is 3.40. The van der Waals surface area contributed by atoms with Crippen molar-refractivity contribution in [1.82, 2.24) is 4.98 Å². The van der Waals surface area contributed by atoms with Crippen LogP contribution in [0.15, 0.2) is 36.4 Å². The molecule has 0 radical (unpaired) electrons. The van der Waals surface area contributed by atoms with Gasteiger partial charge in [-0.25, -0.2) is 4.98 Å². The van der Waals surface area contributed by atoms with Crippen molar-refractivity contribution in [2.24, 2.45) is 0 Å². The fraction of sp³-hybridized carbons (Fsp3) is 0.200. The number of ether oxygens (including phenoxy) is 1. The highest BCUT2D eigenvalue weighted by molar-refractivity contribution is 5.67. The van der Waals surface area contributed by atoms with Gasteiger partial charge >= 0.3 is 12.5 Å². The Morgan fingerprint density at radius 2 is 1.67 bits per heavy atom. The van der Waals surface area contributed by atoms with Gasteiger partial charge < -0.3 is 4.74 Å². The Hall–Kier alpha value is -2.76. The summed E-state index contributed by atoms with van der Waals surface area (Å²) >= 11 is 0. The second-order valence-electron chi connectivity index (χ2n) is 4.58. The molecule has 9 heteroatoms. The molecule has 0 amide bonds. The number of aromatic nitrogens is 1. The van der Waals surface area contributed by atoms with Gasteiger partial charge in [-0.05, 0) is 23.8 Å². The molecule has 126 valence electrons. The minimum atomic E-state index is -5.00. The average molecular weight is 346 g/mol. The normalized spacial score (nSPS) is 11.9. The van der Waals surface area contributed by atoms with E-state index in [1.807, 2.05) is 0 Å². The van der Waals surface area contributed by atoms with Crippen LogP contribution in [0.2, 0.25) is 0 Å². The minimum Gasteiger partial charge on any atom is -0.405 e. The molecule has 0 N–H and O–H groups in total. The van der Waals surface area contributed by atoms with Crippen LogP contribution in [-0.2, 0) is 12.6 Å². The Labute approximate surface area is 132 Å². The first kappa shape index (κ1) is 17.6. The molecular formula is C15H8F6N2O. The van der Waals surface area contributed by atoms with Crippen LogP contribution in [0.4, 0.5) is 26.3 Å². The summed E-state index contributed by atoms with van der Waals surface area (Å²) in [5.41, 5.74) is -2.26. The Morgan fingerprint density at radius 1 is 1.00 bits per heavy atom. The highest BCUT2D eigenvalue weighted by atomic mass is 19.4. The lowest BCUT2D eigenvalue weighted by atomic mass is 10.1. The van der Waals surface area contributed by atoms with Gasteiger partial charge in [0.15, 0.2) is 0 Å². The summed E-state index contributed by atoms with van der Waals surface area (Å²) in [5, 5.41) is 8.58. The number of rotatable bonds is 3. The van der Waals surface area contributed by atoms with Gasteiger partial charge in [0.25, 0.3) is 0 Å². The maximum Gasteiger partial charge on any atom is 0.573 e. The molecule has 0 saturated heterocycles. The van der Waals surface area contributed by atoms with Crippen LogP contribution in [0.3, 0.4) is 0 Å². The van der Waals surface area contributed by atoms with Crippen molar-refractivity contribution in [1.29, 1.82) is 5.26 Å². The standard InChI is InChI=1S/C15H8F6N2O/c16-14(17,18)13-9(7-8-22)5-6-11(23-13)10-3-1-2-4-12(10)24-15(19,20)21/h1-6H,7H2. The molecule has 0 fully saturated rings. The van der Waals surface area contributed by atoms with E-state index in [4.69, 9.17) is 5.26 Å². The van der Waals surface area contributed by atoms with Crippen molar-refractivity contribution in [2.45, 2.75) is 19.0 Å². The Bertz CT molecular complexity index is 777. The monoisotopic (exact) mass is 346 g/mol. The van der Waals surface area contributed by atoms with Gasteiger partial charge in [0, 0.05) is 5.56 Å². The predicted molar refractivity (Wildman–Crippen MR) is 70.7 cm³/mol. The third kappa shape index (κ3) is 4.16. The van der Waals surface area contributed by atoms with E-state index in [0.717, 1.165) is 24.3 Å². The molecule has 3 nitrogen and oxygen atoms in total. The predicted octanol–water partition coefficient (Wildman–Crippen LogP) is 4.73. The van der Waals surface area contributed by atoms with Crippen LogP contribution in [-0.4, -0.2) is 11.3 Å². The topological polar surface area (TPSA) is 45.9 Å². The lowest BCUT2D eigenvalue weighted by Gasteiger charge is -2.15. The highest BCUT2D eigenvalue weighted by Gasteiger charge is 2.36. The molecule has 1 heterocycles. The van der Waals surface area contributed by atoms with E-state index in [9.17, 15) is 26.3 Å². The van der Waals surface area contributed by atoms with Gasteiger partial charge in [-0.3, -0.25) is 0 Å². The molecule has 0 aliphatic carbocycles. The molecule has 0 atom stereocenters. The number of alkyl halides is 6. The molecule has 0 unspecified atom stereocenters. The first-order valence-electron chi connectivity index (χ1n) is 6.41. The van der Waals surface area contributed by atoms with E-state index in [-0.39, 0.29) is 16.8 Å². The van der Waals surface area contributed by atoms with E-state index < -0.39 is 30.4 Å². The number of pyridine rings is 1. The van der Waals surface area contributed by atoms with Crippen LogP contribution in [0.1, 0.15) is 11.3 Å². The molecule has 2 rings (SSSR count). The van der Waals surface area contributed by atoms with Gasteiger partial charge in [0.2, 0.25) is 0 Å². The lowest BCUT2D eigenvalue weighted by Crippen LogP contribution is -2.18. The quantitative estimate of drug-likeness (QED) is 0.755. The van der Waals surface area contributed by atoms with Crippen LogP contribution in [0.25, 0.3) is 11.3 Å². The Balaban J connectivity index is 2.57. The third-order valence-corrected chi connectivity index (χ3v) is 2.91. The van der Waals surface area contributed by atoms with E-state index in [1.54, 1.807) is 6.07 Å². The van der Waals surface area contributed by atoms with Gasteiger partial charge in [0.1, 0.15) is 11.4 Å². The molecule has 1 aromatic heterocycles. The highest BCUT2D eigenvalue weighted by Crippen LogP contribution is 2.36. The number of hydrogen-bond donors (Lipinski definition) is 0. The zero-order valence-corrected chi connectivity index (χ0v) is 11.7. The number of nitriles is 1. The average Bonchev–Trinajstić information content (AvgIpc) is 2.46. The summed E-state index contributed by atoms with van der Waals surface area (Å²) < 4.78 is 80.2. The second-order valence-corrected chi connectivity index (χ2v) is 4.58. The zero-order chi connectivity index (χ0) is 18.0. The fourth-order valence-corrected chi connectivity index (χ4v) is 2.00. The number of para-hydroxylation sites is 1. The number of halogens is 6. The molecule has 0 bridgehead atoms. The number of nitrogens with zero attached hydrogens (tertiary/aromatic N) is 2. The Morgan fingerprint density at radius 3 is 2.25 bits per heavy atom. The van der Waals surface area contributed by atoms with Gasteiger partial charge in [-0.1, -0.05) is 18.2 Å². The lowest BCUT2D eigenvalue weighted by molar-refractivity contribution is -0.274. The van der Waals surface area contributed by atoms with E-state index in [1.165, 1.54) is 12.1 Å². The summed E-state index contributed by atoms with van der Waals surface area (Å²) in [7, 11) is 0. The fourth-order valence-electron chi connectivity index (χ4n) is 2.00. The van der Waals surface area contributed by atoms with Gasteiger partial charge in [-0.15, -0.1) is 13.2 Å². The van der Waals surface area contributed by atoms with Crippen molar-refractivity contribution >= 4 is 0 Å². The molecule has 24 heavy (non-hydrogen) atoms. The molecule has 0 saturated carbocycles. The van der Waals surface area contributed by atoms with Crippen molar-refractivity contribution in [3.05, 3.63) is 47.7 Å². The van der Waals surface area contributed by atoms with Crippen LogP contribution >= 0.6 is 0 Å². The molecular weight excluding hydrogens is 338 g/mol. The summed E-state index contributed by atoms with van der Waals surface area (Å²) in [6.45, 7) is 0. The first-order chi connectivity index (χ1) is 11.1. The van der Waals surface area contributed by atoms with Crippen molar-refractivity contribution in [2.75, 3.05) is 0 Å². The van der Waals surface area contributed by atoms with Crippen LogP contribution in [0.5, 0.6) is 5.75 Å². The third-order valence-electron chi connectivity index (χ3n) is 2.91. The Kier molecular flexibility index (Phi) is 4.68. The van der Waals surface area contributed by atoms with E-state index in [2.05, 4.69) is 9.72 Å². The van der Waals surface area contributed by atoms with Crippen LogP contribution in [0, 0.1) is 11.3 Å². The molecule has 0 spiro atoms. The number of benzene rings is 1. The summed E-state index contributed by atoms with van der Waals surface area (Å²) in [6, 6.07) is 8.44.